The van der Waals surface area contributed by atoms with Crippen LogP contribution in [0.1, 0.15) is 10.4 Å². The summed E-state index contributed by atoms with van der Waals surface area (Å²) < 4.78 is 5.80. The van der Waals surface area contributed by atoms with Crippen molar-refractivity contribution in [2.24, 2.45) is 0 Å². The Hall–Kier alpha value is -4.06. The zero-order valence-corrected chi connectivity index (χ0v) is 14.6. The minimum absolute atomic E-state index is 0.00353. The normalized spacial score (nSPS) is 10.9. The van der Waals surface area contributed by atoms with Gasteiger partial charge >= 0.3 is 5.97 Å². The molecule has 2 aromatic rings. The van der Waals surface area contributed by atoms with E-state index in [1.165, 1.54) is 36.5 Å². The van der Waals surface area contributed by atoms with Gasteiger partial charge in [0.25, 0.3) is 0 Å². The molecule has 2 aliphatic rings. The maximum atomic E-state index is 12.0. The number of rotatable bonds is 4. The number of carbonyl (C=O) groups is 1. The molecule has 0 atom stereocenters. The SMILES string of the molecule is C=CNc1ccc(-c2c3ccc(=O)cc-3oc3cc(O)ccc23)c(C(=O)O)c1. The van der Waals surface area contributed by atoms with Crippen molar-refractivity contribution in [2.75, 3.05) is 5.32 Å². The van der Waals surface area contributed by atoms with Gasteiger partial charge < -0.3 is 19.9 Å². The second-order valence-corrected chi connectivity index (χ2v) is 6.23. The van der Waals surface area contributed by atoms with E-state index in [1.807, 2.05) is 0 Å². The number of hydrogen-bond donors (Lipinski definition) is 3. The molecule has 0 radical (unpaired) electrons. The highest BCUT2D eigenvalue weighted by Gasteiger charge is 2.22. The van der Waals surface area contributed by atoms with E-state index in [4.69, 9.17) is 4.42 Å². The monoisotopic (exact) mass is 373 g/mol. The van der Waals surface area contributed by atoms with Crippen molar-refractivity contribution >= 4 is 22.6 Å². The van der Waals surface area contributed by atoms with Crippen molar-refractivity contribution in [3.63, 3.8) is 0 Å². The largest absolute Gasteiger partial charge is 0.508 e. The van der Waals surface area contributed by atoms with Crippen LogP contribution < -0.4 is 10.7 Å². The minimum atomic E-state index is -1.09. The lowest BCUT2D eigenvalue weighted by Gasteiger charge is -2.17. The first-order chi connectivity index (χ1) is 13.5. The Balaban J connectivity index is 2.14. The van der Waals surface area contributed by atoms with Crippen LogP contribution in [0.25, 0.3) is 33.4 Å². The third-order valence-corrected chi connectivity index (χ3v) is 4.46. The molecule has 0 aromatic heterocycles. The maximum Gasteiger partial charge on any atom is 0.336 e. The van der Waals surface area contributed by atoms with Gasteiger partial charge in [-0.05, 0) is 48.2 Å². The van der Waals surface area contributed by atoms with Crippen LogP contribution in [0.2, 0.25) is 0 Å². The molecule has 0 saturated carbocycles. The van der Waals surface area contributed by atoms with Crippen molar-refractivity contribution in [1.29, 1.82) is 0 Å². The van der Waals surface area contributed by atoms with Crippen molar-refractivity contribution in [3.05, 3.63) is 83.2 Å². The Morgan fingerprint density at radius 1 is 1.04 bits per heavy atom. The first-order valence-electron chi connectivity index (χ1n) is 8.42. The van der Waals surface area contributed by atoms with Gasteiger partial charge in [-0.2, -0.15) is 0 Å². The van der Waals surface area contributed by atoms with Crippen LogP contribution in [0.3, 0.4) is 0 Å². The number of anilines is 1. The summed E-state index contributed by atoms with van der Waals surface area (Å²) >= 11 is 0. The first-order valence-corrected chi connectivity index (χ1v) is 8.42. The van der Waals surface area contributed by atoms with Crippen LogP contribution in [0.4, 0.5) is 5.69 Å². The molecule has 1 heterocycles. The summed E-state index contributed by atoms with van der Waals surface area (Å²) in [6.07, 6.45) is 1.46. The van der Waals surface area contributed by atoms with E-state index in [0.717, 1.165) is 0 Å². The quantitative estimate of drug-likeness (QED) is 0.455. The fourth-order valence-corrected chi connectivity index (χ4v) is 3.30. The van der Waals surface area contributed by atoms with Crippen molar-refractivity contribution < 1.29 is 19.4 Å². The lowest BCUT2D eigenvalue weighted by Crippen LogP contribution is -2.04. The Morgan fingerprint density at radius 2 is 1.82 bits per heavy atom. The van der Waals surface area contributed by atoms with Crippen LogP contribution in [0.15, 0.2) is 76.6 Å². The molecule has 0 unspecified atom stereocenters. The fourth-order valence-electron chi connectivity index (χ4n) is 3.30. The summed E-state index contributed by atoms with van der Waals surface area (Å²) in [5.41, 5.74) is 2.47. The standard InChI is InChI=1S/C22H15NO5/c1-2-23-12-3-6-15(18(9-12)22(26)27)21-16-7-4-13(24)10-19(16)28-20-11-14(25)5-8-17(20)21/h2-11,23-24H,1H2,(H,26,27). The van der Waals surface area contributed by atoms with Gasteiger partial charge in [-0.25, -0.2) is 4.79 Å². The summed E-state index contributed by atoms with van der Waals surface area (Å²) in [5, 5.41) is 23.1. The van der Waals surface area contributed by atoms with E-state index in [0.29, 0.717) is 39.1 Å². The Morgan fingerprint density at radius 3 is 2.57 bits per heavy atom. The molecular formula is C22H15NO5. The third-order valence-electron chi connectivity index (χ3n) is 4.46. The molecule has 0 amide bonds. The Bertz CT molecular complexity index is 1270. The Kier molecular flexibility index (Phi) is 4.08. The zero-order valence-electron chi connectivity index (χ0n) is 14.6. The second-order valence-electron chi connectivity index (χ2n) is 6.23. The predicted octanol–water partition coefficient (Wildman–Crippen LogP) is 4.52. The first kappa shape index (κ1) is 17.4. The summed E-state index contributed by atoms with van der Waals surface area (Å²) in [7, 11) is 0. The summed E-state index contributed by atoms with van der Waals surface area (Å²) in [6, 6.07) is 13.9. The molecule has 138 valence electrons. The van der Waals surface area contributed by atoms with E-state index in [-0.39, 0.29) is 16.7 Å². The molecule has 2 aromatic carbocycles. The van der Waals surface area contributed by atoms with Crippen LogP contribution in [0.5, 0.6) is 5.75 Å². The maximum absolute atomic E-state index is 12.0. The number of benzene rings is 3. The average Bonchev–Trinajstić information content (AvgIpc) is 2.66. The van der Waals surface area contributed by atoms with Crippen LogP contribution >= 0.6 is 0 Å². The fraction of sp³-hybridized carbons (Fsp3) is 0. The van der Waals surface area contributed by atoms with Gasteiger partial charge in [0.2, 0.25) is 0 Å². The van der Waals surface area contributed by atoms with Crippen molar-refractivity contribution in [1.82, 2.24) is 0 Å². The molecule has 6 heteroatoms. The average molecular weight is 373 g/mol. The Labute approximate surface area is 159 Å². The van der Waals surface area contributed by atoms with E-state index in [1.54, 1.807) is 24.3 Å². The predicted molar refractivity (Wildman–Crippen MR) is 107 cm³/mol. The van der Waals surface area contributed by atoms with Crippen LogP contribution in [0, 0.1) is 0 Å². The third kappa shape index (κ3) is 2.87. The number of carboxylic acid groups (broad SMARTS) is 1. The number of phenolic OH excluding ortho intramolecular Hbond substituents is 1. The van der Waals surface area contributed by atoms with E-state index >= 15 is 0 Å². The van der Waals surface area contributed by atoms with Crippen LogP contribution in [-0.2, 0) is 0 Å². The second kappa shape index (κ2) is 6.59. The zero-order chi connectivity index (χ0) is 19.8. The molecule has 0 fully saturated rings. The smallest absolute Gasteiger partial charge is 0.336 e. The molecule has 0 spiro atoms. The lowest BCUT2D eigenvalue weighted by atomic mass is 9.90. The lowest BCUT2D eigenvalue weighted by molar-refractivity contribution is 0.0698. The number of aromatic hydroxyl groups is 1. The molecule has 0 saturated heterocycles. The molecule has 3 N–H and O–H groups in total. The number of fused-ring (bicyclic) bond motifs is 2. The number of nitrogens with one attached hydrogen (secondary N) is 1. The van der Waals surface area contributed by atoms with E-state index in [9.17, 15) is 19.8 Å². The summed E-state index contributed by atoms with van der Waals surface area (Å²) in [4.78, 5) is 23.8. The van der Waals surface area contributed by atoms with Gasteiger partial charge in [0.05, 0.1) is 5.56 Å². The number of phenols is 1. The molecule has 1 aliphatic carbocycles. The molecule has 28 heavy (non-hydrogen) atoms. The van der Waals surface area contributed by atoms with Gasteiger partial charge in [-0.1, -0.05) is 12.6 Å². The van der Waals surface area contributed by atoms with Crippen LogP contribution in [-0.4, -0.2) is 16.2 Å². The molecule has 1 aliphatic heterocycles. The summed E-state index contributed by atoms with van der Waals surface area (Å²) in [5.74, 6) is -0.780. The van der Waals surface area contributed by atoms with Gasteiger partial charge in [-0.3, -0.25) is 4.79 Å². The highest BCUT2D eigenvalue weighted by molar-refractivity contribution is 6.08. The molecular weight excluding hydrogens is 358 g/mol. The summed E-state index contributed by atoms with van der Waals surface area (Å²) in [6.45, 7) is 3.59. The number of hydrogen-bond acceptors (Lipinski definition) is 5. The van der Waals surface area contributed by atoms with E-state index in [2.05, 4.69) is 11.9 Å². The number of carboxylic acids is 1. The minimum Gasteiger partial charge on any atom is -0.508 e. The van der Waals surface area contributed by atoms with Gasteiger partial charge in [-0.15, -0.1) is 0 Å². The van der Waals surface area contributed by atoms with Gasteiger partial charge in [0.15, 0.2) is 5.43 Å². The van der Waals surface area contributed by atoms with Crippen molar-refractivity contribution in [2.45, 2.75) is 0 Å². The highest BCUT2D eigenvalue weighted by Crippen LogP contribution is 2.42. The molecule has 4 rings (SSSR count). The topological polar surface area (TPSA) is 99.8 Å². The number of aromatic carboxylic acids is 1. The van der Waals surface area contributed by atoms with E-state index < -0.39 is 5.97 Å². The highest BCUT2D eigenvalue weighted by atomic mass is 16.4. The van der Waals surface area contributed by atoms with Gasteiger partial charge in [0, 0.05) is 34.3 Å². The molecule has 6 nitrogen and oxygen atoms in total. The molecule has 0 bridgehead atoms. The van der Waals surface area contributed by atoms with Crippen molar-refractivity contribution in [3.8, 4) is 28.2 Å². The van der Waals surface area contributed by atoms with Gasteiger partial charge in [0.1, 0.15) is 17.1 Å².